The van der Waals surface area contributed by atoms with Gasteiger partial charge in [0.15, 0.2) is 0 Å². The predicted octanol–water partition coefficient (Wildman–Crippen LogP) is 3.94. The molecule has 1 aliphatic rings. The van der Waals surface area contributed by atoms with Gasteiger partial charge in [0.2, 0.25) is 0 Å². The minimum Gasteiger partial charge on any atom is -0.507 e. The molecule has 1 atom stereocenters. The number of aromatic hydroxyl groups is 1. The molecule has 0 unspecified atom stereocenters. The lowest BCUT2D eigenvalue weighted by atomic mass is 9.94. The van der Waals surface area contributed by atoms with Gasteiger partial charge in [-0.25, -0.2) is 9.18 Å². The van der Waals surface area contributed by atoms with Gasteiger partial charge in [-0.05, 0) is 55.7 Å². The number of rotatable bonds is 4. The SMILES string of the molecule is Cc1c(-c2cc(F)cc(-c3ccc(-n4ccn(C)c4=O)c(Cl)c3)c2O)cn(C)c(=O)c1N1CC[C@@](C)(N)C1. The number of nitrogens with two attached hydrogens (primary N) is 1. The predicted molar refractivity (Wildman–Crippen MR) is 148 cm³/mol. The first-order valence-corrected chi connectivity index (χ1v) is 12.6. The van der Waals surface area contributed by atoms with Crippen molar-refractivity contribution in [3.63, 3.8) is 0 Å². The quantitative estimate of drug-likeness (QED) is 0.411. The fourth-order valence-corrected chi connectivity index (χ4v) is 5.44. The number of phenolic OH excluding ortho intramolecular Hbond substituents is 1. The summed E-state index contributed by atoms with van der Waals surface area (Å²) in [5.74, 6) is -0.706. The minimum absolute atomic E-state index is 0.148. The summed E-state index contributed by atoms with van der Waals surface area (Å²) in [5.41, 5.74) is 8.54. The van der Waals surface area contributed by atoms with Gasteiger partial charge in [0.05, 0.1) is 10.7 Å². The highest BCUT2D eigenvalue weighted by molar-refractivity contribution is 6.32. The molecule has 1 fully saturated rings. The molecule has 5 rings (SSSR count). The van der Waals surface area contributed by atoms with Crippen LogP contribution in [0, 0.1) is 12.7 Å². The Kier molecular flexibility index (Phi) is 6.24. The maximum Gasteiger partial charge on any atom is 0.332 e. The van der Waals surface area contributed by atoms with E-state index in [1.807, 2.05) is 11.8 Å². The van der Waals surface area contributed by atoms with Crippen LogP contribution in [0.2, 0.25) is 5.02 Å². The van der Waals surface area contributed by atoms with Gasteiger partial charge in [0, 0.05) is 68.0 Å². The standard InChI is InChI=1S/C28H29ClFN5O3/c1-16-21(14-33(4)26(37)24(16)34-8-7-28(2,31)15-34)20-13-18(30)12-19(25(20)36)17-5-6-23(22(29)11-17)35-10-9-32(3)27(35)38/h5-6,9-14,36H,7-8,15,31H2,1-4H3/t28-/m1/s1. The highest BCUT2D eigenvalue weighted by atomic mass is 35.5. The summed E-state index contributed by atoms with van der Waals surface area (Å²) in [7, 11) is 3.27. The zero-order valence-corrected chi connectivity index (χ0v) is 22.4. The van der Waals surface area contributed by atoms with E-state index in [1.165, 1.54) is 25.8 Å². The van der Waals surface area contributed by atoms with Crippen molar-refractivity contribution in [3.05, 3.63) is 86.2 Å². The van der Waals surface area contributed by atoms with Gasteiger partial charge >= 0.3 is 5.69 Å². The minimum atomic E-state index is -0.558. The zero-order chi connectivity index (χ0) is 27.5. The molecule has 0 aliphatic carbocycles. The number of anilines is 1. The van der Waals surface area contributed by atoms with Crippen LogP contribution in [0.25, 0.3) is 27.9 Å². The smallest absolute Gasteiger partial charge is 0.332 e. The second-order valence-corrected chi connectivity index (χ2v) is 10.7. The van der Waals surface area contributed by atoms with Gasteiger partial charge in [0.1, 0.15) is 17.3 Å². The summed E-state index contributed by atoms with van der Waals surface area (Å²) < 4.78 is 19.3. The van der Waals surface area contributed by atoms with Crippen molar-refractivity contribution >= 4 is 17.3 Å². The number of nitrogens with zero attached hydrogens (tertiary/aromatic N) is 4. The summed E-state index contributed by atoms with van der Waals surface area (Å²) in [6.07, 6.45) is 5.57. The van der Waals surface area contributed by atoms with Crippen LogP contribution in [0.3, 0.4) is 0 Å². The summed E-state index contributed by atoms with van der Waals surface area (Å²) in [4.78, 5) is 27.4. The summed E-state index contributed by atoms with van der Waals surface area (Å²) in [6, 6.07) is 7.39. The van der Waals surface area contributed by atoms with E-state index in [0.717, 1.165) is 6.42 Å². The van der Waals surface area contributed by atoms with Crippen molar-refractivity contribution in [3.8, 4) is 33.7 Å². The number of imidazole rings is 1. The van der Waals surface area contributed by atoms with Crippen LogP contribution in [0.1, 0.15) is 18.9 Å². The van der Waals surface area contributed by atoms with E-state index < -0.39 is 11.4 Å². The average Bonchev–Trinajstić information content (AvgIpc) is 3.38. The number of aromatic nitrogens is 3. The number of pyridine rings is 1. The normalized spacial score (nSPS) is 17.4. The van der Waals surface area contributed by atoms with Crippen LogP contribution in [0.4, 0.5) is 10.1 Å². The van der Waals surface area contributed by atoms with Gasteiger partial charge in [-0.2, -0.15) is 0 Å². The lowest BCUT2D eigenvalue weighted by Gasteiger charge is -2.25. The number of hydrogen-bond acceptors (Lipinski definition) is 5. The maximum absolute atomic E-state index is 15.0. The van der Waals surface area contributed by atoms with E-state index in [2.05, 4.69) is 0 Å². The van der Waals surface area contributed by atoms with Crippen LogP contribution < -0.4 is 21.9 Å². The van der Waals surface area contributed by atoms with Crippen molar-refractivity contribution in [1.82, 2.24) is 13.7 Å². The Morgan fingerprint density at radius 2 is 1.76 bits per heavy atom. The van der Waals surface area contributed by atoms with Crippen molar-refractivity contribution in [2.45, 2.75) is 25.8 Å². The molecule has 3 N–H and O–H groups in total. The Balaban J connectivity index is 1.64. The summed E-state index contributed by atoms with van der Waals surface area (Å²) in [6.45, 7) is 4.89. The number of aryl methyl sites for hydroxylation is 2. The van der Waals surface area contributed by atoms with Crippen LogP contribution in [0.15, 0.2) is 58.5 Å². The average molecular weight is 538 g/mol. The first-order chi connectivity index (χ1) is 17.9. The maximum atomic E-state index is 15.0. The Morgan fingerprint density at radius 3 is 2.37 bits per heavy atom. The fraction of sp³-hybridized carbons (Fsp3) is 0.286. The second kappa shape index (κ2) is 9.18. The topological polar surface area (TPSA) is 98.4 Å². The molecular weight excluding hydrogens is 509 g/mol. The van der Waals surface area contributed by atoms with Gasteiger partial charge in [-0.3, -0.25) is 9.36 Å². The van der Waals surface area contributed by atoms with E-state index in [1.54, 1.807) is 57.8 Å². The first kappa shape index (κ1) is 25.8. The van der Waals surface area contributed by atoms with Crippen LogP contribution >= 0.6 is 11.6 Å². The monoisotopic (exact) mass is 537 g/mol. The van der Waals surface area contributed by atoms with Crippen LogP contribution in [-0.2, 0) is 14.1 Å². The highest BCUT2D eigenvalue weighted by Crippen LogP contribution is 2.42. The van der Waals surface area contributed by atoms with Crippen molar-refractivity contribution in [2.24, 2.45) is 19.8 Å². The Hall–Kier alpha value is -3.82. The lowest BCUT2D eigenvalue weighted by molar-refractivity contribution is 0.477. The van der Waals surface area contributed by atoms with E-state index >= 15 is 4.39 Å². The molecular formula is C28H29ClFN5O3. The molecule has 3 heterocycles. The lowest BCUT2D eigenvalue weighted by Crippen LogP contribution is -2.40. The number of hydrogen-bond donors (Lipinski definition) is 2. The summed E-state index contributed by atoms with van der Waals surface area (Å²) in [5, 5.41) is 11.6. The van der Waals surface area contributed by atoms with Gasteiger partial charge in [-0.1, -0.05) is 17.7 Å². The molecule has 0 spiro atoms. The molecule has 0 saturated carbocycles. The molecule has 8 nitrogen and oxygen atoms in total. The molecule has 198 valence electrons. The molecule has 2 aromatic heterocycles. The molecule has 0 radical (unpaired) electrons. The summed E-state index contributed by atoms with van der Waals surface area (Å²) >= 11 is 6.53. The fourth-order valence-electron chi connectivity index (χ4n) is 5.17. The molecule has 1 aliphatic heterocycles. The Bertz CT molecular complexity index is 1700. The third kappa shape index (κ3) is 4.31. The third-order valence-electron chi connectivity index (χ3n) is 7.26. The van der Waals surface area contributed by atoms with E-state index in [4.69, 9.17) is 17.3 Å². The number of phenols is 1. The highest BCUT2D eigenvalue weighted by Gasteiger charge is 2.33. The zero-order valence-electron chi connectivity index (χ0n) is 21.6. The van der Waals surface area contributed by atoms with E-state index in [0.29, 0.717) is 41.2 Å². The third-order valence-corrected chi connectivity index (χ3v) is 7.56. The number of halogens is 2. The van der Waals surface area contributed by atoms with Crippen molar-refractivity contribution in [2.75, 3.05) is 18.0 Å². The van der Waals surface area contributed by atoms with Gasteiger partial charge in [0.25, 0.3) is 5.56 Å². The molecule has 2 aromatic carbocycles. The van der Waals surface area contributed by atoms with Crippen molar-refractivity contribution < 1.29 is 9.50 Å². The molecule has 38 heavy (non-hydrogen) atoms. The second-order valence-electron chi connectivity index (χ2n) is 10.3. The van der Waals surface area contributed by atoms with E-state index in [-0.39, 0.29) is 33.1 Å². The first-order valence-electron chi connectivity index (χ1n) is 12.2. The number of benzene rings is 2. The van der Waals surface area contributed by atoms with Crippen molar-refractivity contribution in [1.29, 1.82) is 0 Å². The Labute approximate surface area is 223 Å². The van der Waals surface area contributed by atoms with Gasteiger partial charge in [-0.15, -0.1) is 0 Å². The molecule has 1 saturated heterocycles. The molecule has 4 aromatic rings. The van der Waals surface area contributed by atoms with Crippen LogP contribution in [-0.4, -0.2) is 37.4 Å². The molecule has 0 amide bonds. The largest absolute Gasteiger partial charge is 0.507 e. The van der Waals surface area contributed by atoms with E-state index in [9.17, 15) is 14.7 Å². The molecule has 0 bridgehead atoms. The Morgan fingerprint density at radius 1 is 1.05 bits per heavy atom. The molecule has 10 heteroatoms. The van der Waals surface area contributed by atoms with Gasteiger partial charge < -0.3 is 24.9 Å². The van der Waals surface area contributed by atoms with Crippen LogP contribution in [0.5, 0.6) is 5.75 Å².